The number of carbonyl (C=O) groups excluding carboxylic acids is 4. The first-order valence-corrected chi connectivity index (χ1v) is 8.64. The van der Waals surface area contributed by atoms with Crippen LogP contribution in [-0.2, 0) is 19.1 Å². The second-order valence-electron chi connectivity index (χ2n) is 5.83. The Labute approximate surface area is 143 Å². The third-order valence-corrected chi connectivity index (χ3v) is 3.01. The molecule has 0 spiro atoms. The minimum absolute atomic E-state index is 0.231. The molecule has 0 aliphatic heterocycles. The standard InChI is InChI=1S/C11H23NOS.C5H6O4/c1-6-14-11(13)12(7-9(2)3)8-10(4)5;1-3(6)5(8)9-4(2)7/h9-10H,6-8H2,1-5H3;1-2H3. The Kier molecular flexibility index (Phi) is 13.6. The molecule has 0 fully saturated rings. The summed E-state index contributed by atoms with van der Waals surface area (Å²) in [6.45, 7) is 14.5. The van der Waals surface area contributed by atoms with Crippen molar-refractivity contribution in [3.05, 3.63) is 0 Å². The Balaban J connectivity index is 0. The number of esters is 2. The zero-order chi connectivity index (χ0) is 18.6. The van der Waals surface area contributed by atoms with E-state index in [0.717, 1.165) is 32.7 Å². The van der Waals surface area contributed by atoms with Crippen LogP contribution in [0.3, 0.4) is 0 Å². The van der Waals surface area contributed by atoms with E-state index >= 15 is 0 Å². The molecule has 0 aromatic rings. The fraction of sp³-hybridized carbons (Fsp3) is 0.750. The molecule has 1 amide bonds. The monoisotopic (exact) mass is 347 g/mol. The van der Waals surface area contributed by atoms with Crippen LogP contribution in [0.15, 0.2) is 0 Å². The SMILES string of the molecule is CC(=O)OC(=O)C(C)=O.CCSC(=O)N(CC(C)C)CC(C)C. The third kappa shape index (κ3) is 15.3. The summed E-state index contributed by atoms with van der Waals surface area (Å²) < 4.78 is 3.88. The van der Waals surface area contributed by atoms with E-state index in [1.807, 2.05) is 11.8 Å². The Bertz CT molecular complexity index is 397. The highest BCUT2D eigenvalue weighted by Crippen LogP contribution is 2.12. The maximum absolute atomic E-state index is 11.7. The van der Waals surface area contributed by atoms with Gasteiger partial charge in [0.2, 0.25) is 5.78 Å². The van der Waals surface area contributed by atoms with Crippen LogP contribution in [0.25, 0.3) is 0 Å². The first-order chi connectivity index (χ1) is 10.5. The summed E-state index contributed by atoms with van der Waals surface area (Å²) in [5.41, 5.74) is 0. The van der Waals surface area contributed by atoms with Crippen LogP contribution in [-0.4, -0.2) is 46.7 Å². The van der Waals surface area contributed by atoms with Crippen molar-refractivity contribution in [2.24, 2.45) is 11.8 Å². The Morgan fingerprint density at radius 2 is 1.39 bits per heavy atom. The van der Waals surface area contributed by atoms with Crippen molar-refractivity contribution >= 4 is 34.7 Å². The molecule has 23 heavy (non-hydrogen) atoms. The lowest BCUT2D eigenvalue weighted by atomic mass is 10.1. The predicted octanol–water partition coefficient (Wildman–Crippen LogP) is 3.14. The Morgan fingerprint density at radius 3 is 1.61 bits per heavy atom. The molecule has 0 N–H and O–H groups in total. The minimum atomic E-state index is -1.11. The molecule has 7 heteroatoms. The van der Waals surface area contributed by atoms with Crippen molar-refractivity contribution in [3.8, 4) is 0 Å². The van der Waals surface area contributed by atoms with Gasteiger partial charge in [0, 0.05) is 26.9 Å². The zero-order valence-electron chi connectivity index (χ0n) is 15.2. The molecular weight excluding hydrogens is 318 g/mol. The van der Waals surface area contributed by atoms with Gasteiger partial charge in [-0.15, -0.1) is 0 Å². The van der Waals surface area contributed by atoms with Crippen LogP contribution in [0.2, 0.25) is 0 Å². The van der Waals surface area contributed by atoms with Crippen molar-refractivity contribution in [2.75, 3.05) is 18.8 Å². The molecular formula is C16H29NO5S. The number of Topliss-reactive ketones (excluding diaryl/α,β-unsaturated/α-hetero) is 1. The van der Waals surface area contributed by atoms with Gasteiger partial charge in [-0.2, -0.15) is 0 Å². The van der Waals surface area contributed by atoms with Gasteiger partial charge in [0.15, 0.2) is 0 Å². The van der Waals surface area contributed by atoms with E-state index in [-0.39, 0.29) is 5.24 Å². The smallest absolute Gasteiger partial charge is 0.381 e. The van der Waals surface area contributed by atoms with Gasteiger partial charge in [0.25, 0.3) is 5.24 Å². The number of ether oxygens (including phenoxy) is 1. The van der Waals surface area contributed by atoms with E-state index in [9.17, 15) is 19.2 Å². The molecule has 0 aromatic heterocycles. The topological polar surface area (TPSA) is 80.8 Å². The highest BCUT2D eigenvalue weighted by molar-refractivity contribution is 8.13. The van der Waals surface area contributed by atoms with Gasteiger partial charge in [0.05, 0.1) is 0 Å². The van der Waals surface area contributed by atoms with E-state index < -0.39 is 17.7 Å². The van der Waals surface area contributed by atoms with E-state index in [1.54, 1.807) is 0 Å². The lowest BCUT2D eigenvalue weighted by Gasteiger charge is -2.25. The number of carbonyl (C=O) groups is 4. The quantitative estimate of drug-likeness (QED) is 0.417. The summed E-state index contributed by atoms with van der Waals surface area (Å²) >= 11 is 1.41. The van der Waals surface area contributed by atoms with Gasteiger partial charge in [-0.1, -0.05) is 46.4 Å². The number of nitrogens with zero attached hydrogens (tertiary/aromatic N) is 1. The maximum atomic E-state index is 11.7. The van der Waals surface area contributed by atoms with E-state index in [4.69, 9.17) is 0 Å². The average molecular weight is 347 g/mol. The van der Waals surface area contributed by atoms with Crippen LogP contribution in [0, 0.1) is 11.8 Å². The number of amides is 1. The largest absolute Gasteiger partial charge is 0.387 e. The van der Waals surface area contributed by atoms with Crippen LogP contribution in [0.4, 0.5) is 4.79 Å². The fourth-order valence-electron chi connectivity index (χ4n) is 1.52. The van der Waals surface area contributed by atoms with Gasteiger partial charge in [-0.3, -0.25) is 14.4 Å². The molecule has 0 unspecified atom stereocenters. The van der Waals surface area contributed by atoms with Gasteiger partial charge in [-0.25, -0.2) is 4.79 Å². The summed E-state index contributed by atoms with van der Waals surface area (Å²) in [5.74, 6) is -0.681. The zero-order valence-corrected chi connectivity index (χ0v) is 16.0. The maximum Gasteiger partial charge on any atom is 0.381 e. The van der Waals surface area contributed by atoms with Crippen molar-refractivity contribution < 1.29 is 23.9 Å². The normalized spacial score (nSPS) is 9.96. The molecule has 0 aliphatic rings. The molecule has 6 nitrogen and oxygen atoms in total. The summed E-state index contributed by atoms with van der Waals surface area (Å²) in [6, 6.07) is 0. The van der Waals surface area contributed by atoms with Crippen LogP contribution in [0.1, 0.15) is 48.5 Å². The first kappa shape index (κ1) is 23.9. The average Bonchev–Trinajstić information content (AvgIpc) is 2.36. The highest BCUT2D eigenvalue weighted by atomic mass is 32.2. The van der Waals surface area contributed by atoms with Crippen molar-refractivity contribution in [1.82, 2.24) is 4.90 Å². The molecule has 0 aromatic carbocycles. The van der Waals surface area contributed by atoms with Gasteiger partial charge < -0.3 is 9.64 Å². The first-order valence-electron chi connectivity index (χ1n) is 7.66. The van der Waals surface area contributed by atoms with E-state index in [2.05, 4.69) is 32.4 Å². The van der Waals surface area contributed by atoms with Crippen LogP contribution in [0.5, 0.6) is 0 Å². The van der Waals surface area contributed by atoms with Crippen LogP contribution >= 0.6 is 11.8 Å². The van der Waals surface area contributed by atoms with Crippen molar-refractivity contribution in [1.29, 1.82) is 0 Å². The molecule has 0 aliphatic carbocycles. The number of thioether (sulfide) groups is 1. The summed E-state index contributed by atoms with van der Waals surface area (Å²) in [7, 11) is 0. The summed E-state index contributed by atoms with van der Waals surface area (Å²) in [4.78, 5) is 43.9. The molecule has 0 heterocycles. The van der Waals surface area contributed by atoms with E-state index in [1.165, 1.54) is 11.8 Å². The van der Waals surface area contributed by atoms with Gasteiger partial charge >= 0.3 is 11.9 Å². The number of hydrogen-bond acceptors (Lipinski definition) is 6. The predicted molar refractivity (Wildman–Crippen MR) is 92.2 cm³/mol. The second-order valence-corrected chi connectivity index (χ2v) is 7.04. The molecule has 0 saturated heterocycles. The molecule has 134 valence electrons. The fourth-order valence-corrected chi connectivity index (χ4v) is 2.10. The molecule has 0 saturated carbocycles. The third-order valence-electron chi connectivity index (χ3n) is 2.22. The lowest BCUT2D eigenvalue weighted by Crippen LogP contribution is -2.34. The molecule has 0 radical (unpaired) electrons. The molecule has 0 rings (SSSR count). The summed E-state index contributed by atoms with van der Waals surface area (Å²) in [6.07, 6.45) is 0. The van der Waals surface area contributed by atoms with Gasteiger partial charge in [-0.05, 0) is 17.6 Å². The van der Waals surface area contributed by atoms with Crippen molar-refractivity contribution in [2.45, 2.75) is 48.5 Å². The molecule has 0 bridgehead atoms. The number of ketones is 1. The summed E-state index contributed by atoms with van der Waals surface area (Å²) in [5, 5.41) is 0.231. The number of hydrogen-bond donors (Lipinski definition) is 0. The van der Waals surface area contributed by atoms with Crippen molar-refractivity contribution in [3.63, 3.8) is 0 Å². The Morgan fingerprint density at radius 1 is 0.957 bits per heavy atom. The van der Waals surface area contributed by atoms with Crippen LogP contribution < -0.4 is 0 Å². The minimum Gasteiger partial charge on any atom is -0.387 e. The van der Waals surface area contributed by atoms with E-state index in [0.29, 0.717) is 11.8 Å². The molecule has 0 atom stereocenters. The number of rotatable bonds is 6. The Hall–Kier alpha value is -1.37. The lowest BCUT2D eigenvalue weighted by molar-refractivity contribution is -0.162. The second kappa shape index (κ2) is 13.1. The highest BCUT2D eigenvalue weighted by Gasteiger charge is 2.15. The van der Waals surface area contributed by atoms with Gasteiger partial charge in [0.1, 0.15) is 0 Å².